The predicted octanol–water partition coefficient (Wildman–Crippen LogP) is 2.44. The van der Waals surface area contributed by atoms with Crippen LogP contribution in [0.4, 0.5) is 0 Å². The Labute approximate surface area is 116 Å². The van der Waals surface area contributed by atoms with E-state index in [1.165, 1.54) is 11.3 Å². The van der Waals surface area contributed by atoms with E-state index in [2.05, 4.69) is 4.98 Å². The Bertz CT molecular complexity index is 551. The summed E-state index contributed by atoms with van der Waals surface area (Å²) in [6.45, 7) is 2.44. The van der Waals surface area contributed by atoms with Crippen LogP contribution in [0.15, 0.2) is 35.7 Å². The van der Waals surface area contributed by atoms with Gasteiger partial charge in [-0.1, -0.05) is 30.3 Å². The number of nitrogens with two attached hydrogens (primary N) is 1. The molecule has 5 heteroatoms. The molecule has 0 saturated heterocycles. The van der Waals surface area contributed by atoms with E-state index in [4.69, 9.17) is 5.73 Å². The standard InChI is InChI=1S/C14H17N3OS/c1-10(15)13-16-12(9-19-13)14(18)17(2)8-11-6-4-3-5-7-11/h3-7,9-10H,8,15H2,1-2H3. The highest BCUT2D eigenvalue weighted by Crippen LogP contribution is 2.17. The number of rotatable bonds is 4. The topological polar surface area (TPSA) is 59.2 Å². The Balaban J connectivity index is 2.06. The molecule has 4 nitrogen and oxygen atoms in total. The van der Waals surface area contributed by atoms with Crippen LogP contribution in [0.2, 0.25) is 0 Å². The summed E-state index contributed by atoms with van der Waals surface area (Å²) in [7, 11) is 1.78. The van der Waals surface area contributed by atoms with Gasteiger partial charge in [0.05, 0.1) is 6.04 Å². The first-order valence-electron chi connectivity index (χ1n) is 6.08. The Hall–Kier alpha value is -1.72. The zero-order valence-corrected chi connectivity index (χ0v) is 11.9. The molecule has 19 heavy (non-hydrogen) atoms. The van der Waals surface area contributed by atoms with E-state index in [1.807, 2.05) is 37.3 Å². The lowest BCUT2D eigenvalue weighted by atomic mass is 10.2. The lowest BCUT2D eigenvalue weighted by Gasteiger charge is -2.15. The van der Waals surface area contributed by atoms with Crippen LogP contribution in [0, 0.1) is 0 Å². The molecule has 0 aliphatic rings. The molecule has 1 aromatic heterocycles. The number of thiazole rings is 1. The van der Waals surface area contributed by atoms with Gasteiger partial charge in [0.15, 0.2) is 0 Å². The average Bonchev–Trinajstić information content (AvgIpc) is 2.88. The maximum Gasteiger partial charge on any atom is 0.273 e. The Kier molecular flexibility index (Phi) is 4.29. The molecule has 2 N–H and O–H groups in total. The zero-order valence-electron chi connectivity index (χ0n) is 11.0. The minimum atomic E-state index is -0.133. The van der Waals surface area contributed by atoms with Crippen molar-refractivity contribution in [2.75, 3.05) is 7.05 Å². The molecule has 100 valence electrons. The number of carbonyl (C=O) groups is 1. The van der Waals surface area contributed by atoms with Crippen molar-refractivity contribution in [1.82, 2.24) is 9.88 Å². The average molecular weight is 275 g/mol. The third kappa shape index (κ3) is 3.39. The van der Waals surface area contributed by atoms with Crippen LogP contribution in [0.5, 0.6) is 0 Å². The zero-order chi connectivity index (χ0) is 13.8. The number of aromatic nitrogens is 1. The molecular weight excluding hydrogens is 258 g/mol. The summed E-state index contributed by atoms with van der Waals surface area (Å²) in [6, 6.07) is 9.75. The number of amides is 1. The molecule has 1 amide bonds. The van der Waals surface area contributed by atoms with E-state index < -0.39 is 0 Å². The molecule has 1 atom stereocenters. The maximum absolute atomic E-state index is 12.2. The Morgan fingerprint density at radius 3 is 2.68 bits per heavy atom. The van der Waals surface area contributed by atoms with Crippen LogP contribution in [0.25, 0.3) is 0 Å². The minimum absolute atomic E-state index is 0.0768. The summed E-state index contributed by atoms with van der Waals surface area (Å²) >= 11 is 1.43. The molecular formula is C14H17N3OS. The van der Waals surface area contributed by atoms with Crippen LogP contribution >= 0.6 is 11.3 Å². The summed E-state index contributed by atoms with van der Waals surface area (Å²) in [4.78, 5) is 18.2. The number of benzene rings is 1. The summed E-state index contributed by atoms with van der Waals surface area (Å²) < 4.78 is 0. The third-order valence-electron chi connectivity index (χ3n) is 2.74. The minimum Gasteiger partial charge on any atom is -0.336 e. The fourth-order valence-corrected chi connectivity index (χ4v) is 2.47. The van der Waals surface area contributed by atoms with Gasteiger partial charge in [0, 0.05) is 19.0 Å². The van der Waals surface area contributed by atoms with Gasteiger partial charge < -0.3 is 10.6 Å². The summed E-state index contributed by atoms with van der Waals surface area (Å²) in [5, 5.41) is 2.55. The van der Waals surface area contributed by atoms with Gasteiger partial charge in [-0.2, -0.15) is 0 Å². The SMILES string of the molecule is CC(N)c1nc(C(=O)N(C)Cc2ccccc2)cs1. The van der Waals surface area contributed by atoms with E-state index in [1.54, 1.807) is 17.3 Å². The van der Waals surface area contributed by atoms with E-state index >= 15 is 0 Å². The molecule has 0 aliphatic carbocycles. The van der Waals surface area contributed by atoms with E-state index in [0.29, 0.717) is 12.2 Å². The van der Waals surface area contributed by atoms with Gasteiger partial charge in [-0.15, -0.1) is 11.3 Å². The monoisotopic (exact) mass is 275 g/mol. The van der Waals surface area contributed by atoms with Gasteiger partial charge in [0.2, 0.25) is 0 Å². The van der Waals surface area contributed by atoms with Gasteiger partial charge in [0.1, 0.15) is 10.7 Å². The van der Waals surface area contributed by atoms with Crippen LogP contribution in [-0.2, 0) is 6.54 Å². The lowest BCUT2D eigenvalue weighted by molar-refractivity contribution is 0.0780. The van der Waals surface area contributed by atoms with Gasteiger partial charge in [-0.05, 0) is 12.5 Å². The van der Waals surface area contributed by atoms with Gasteiger partial charge in [-0.25, -0.2) is 4.98 Å². The van der Waals surface area contributed by atoms with Gasteiger partial charge >= 0.3 is 0 Å². The maximum atomic E-state index is 12.2. The van der Waals surface area contributed by atoms with Crippen LogP contribution < -0.4 is 5.73 Å². The van der Waals surface area contributed by atoms with Crippen molar-refractivity contribution >= 4 is 17.2 Å². The third-order valence-corrected chi connectivity index (χ3v) is 3.79. The fraction of sp³-hybridized carbons (Fsp3) is 0.286. The molecule has 0 fully saturated rings. The summed E-state index contributed by atoms with van der Waals surface area (Å²) in [5.41, 5.74) is 7.32. The van der Waals surface area contributed by atoms with Crippen molar-refractivity contribution < 1.29 is 4.79 Å². The Morgan fingerprint density at radius 2 is 2.11 bits per heavy atom. The second-order valence-electron chi connectivity index (χ2n) is 4.51. The van der Waals surface area contributed by atoms with Gasteiger partial charge in [-0.3, -0.25) is 4.79 Å². The highest BCUT2D eigenvalue weighted by Gasteiger charge is 2.16. The van der Waals surface area contributed by atoms with E-state index in [-0.39, 0.29) is 11.9 Å². The molecule has 0 aliphatic heterocycles. The molecule has 0 bridgehead atoms. The molecule has 0 saturated carbocycles. The fourth-order valence-electron chi connectivity index (χ4n) is 1.72. The van der Waals surface area contributed by atoms with Crippen molar-refractivity contribution in [2.45, 2.75) is 19.5 Å². The first-order chi connectivity index (χ1) is 9.08. The quantitative estimate of drug-likeness (QED) is 0.932. The first-order valence-corrected chi connectivity index (χ1v) is 6.96. The van der Waals surface area contributed by atoms with Crippen LogP contribution in [0.3, 0.4) is 0 Å². The van der Waals surface area contributed by atoms with Crippen LogP contribution in [0.1, 0.15) is 34.0 Å². The van der Waals surface area contributed by atoms with Crippen molar-refractivity contribution in [2.24, 2.45) is 5.73 Å². The first kappa shape index (κ1) is 13.7. The van der Waals surface area contributed by atoms with Gasteiger partial charge in [0.25, 0.3) is 5.91 Å². The van der Waals surface area contributed by atoms with E-state index in [0.717, 1.165) is 10.6 Å². The largest absolute Gasteiger partial charge is 0.336 e. The van der Waals surface area contributed by atoms with Crippen LogP contribution in [-0.4, -0.2) is 22.8 Å². The number of hydrogen-bond acceptors (Lipinski definition) is 4. The number of hydrogen-bond donors (Lipinski definition) is 1. The number of nitrogens with zero attached hydrogens (tertiary/aromatic N) is 2. The second-order valence-corrected chi connectivity index (χ2v) is 5.40. The van der Waals surface area contributed by atoms with Crippen molar-refractivity contribution in [3.05, 3.63) is 52.0 Å². The highest BCUT2D eigenvalue weighted by molar-refractivity contribution is 7.09. The van der Waals surface area contributed by atoms with Crippen molar-refractivity contribution in [3.8, 4) is 0 Å². The molecule has 1 unspecified atom stereocenters. The lowest BCUT2D eigenvalue weighted by Crippen LogP contribution is -2.26. The van der Waals surface area contributed by atoms with Crippen molar-refractivity contribution in [1.29, 1.82) is 0 Å². The molecule has 1 heterocycles. The molecule has 2 rings (SSSR count). The second kappa shape index (κ2) is 5.95. The molecule has 1 aromatic carbocycles. The Morgan fingerprint density at radius 1 is 1.42 bits per heavy atom. The molecule has 0 radical (unpaired) electrons. The summed E-state index contributed by atoms with van der Waals surface area (Å²) in [6.07, 6.45) is 0. The summed E-state index contributed by atoms with van der Waals surface area (Å²) in [5.74, 6) is -0.0768. The normalized spacial score (nSPS) is 12.2. The molecule has 0 spiro atoms. The van der Waals surface area contributed by atoms with E-state index in [9.17, 15) is 4.79 Å². The smallest absolute Gasteiger partial charge is 0.273 e. The molecule has 2 aromatic rings. The highest BCUT2D eigenvalue weighted by atomic mass is 32.1. The number of carbonyl (C=O) groups excluding carboxylic acids is 1. The predicted molar refractivity (Wildman–Crippen MR) is 77.0 cm³/mol. The van der Waals surface area contributed by atoms with Crippen molar-refractivity contribution in [3.63, 3.8) is 0 Å².